The van der Waals surface area contributed by atoms with Crippen LogP contribution >= 0.6 is 23.4 Å². The van der Waals surface area contributed by atoms with Crippen LogP contribution in [0.1, 0.15) is 49.1 Å². The maximum absolute atomic E-state index is 13.5. The van der Waals surface area contributed by atoms with Gasteiger partial charge in [0.25, 0.3) is 0 Å². The van der Waals surface area contributed by atoms with Crippen LogP contribution in [-0.4, -0.2) is 59.4 Å². The van der Waals surface area contributed by atoms with Crippen molar-refractivity contribution in [1.29, 1.82) is 0 Å². The monoisotopic (exact) mass is 392 g/mol. The smallest absolute Gasteiger partial charge is 0.230 e. The van der Waals surface area contributed by atoms with Gasteiger partial charge in [-0.15, -0.1) is 0 Å². The summed E-state index contributed by atoms with van der Waals surface area (Å²) in [4.78, 5) is 18.3. The number of carbonyl (C=O) groups excluding carboxylic acids is 1. The van der Waals surface area contributed by atoms with E-state index in [1.807, 2.05) is 23.9 Å². The van der Waals surface area contributed by atoms with Crippen LogP contribution in [0.4, 0.5) is 0 Å². The molecule has 1 aliphatic carbocycles. The molecular weight excluding hydrogens is 364 g/mol. The van der Waals surface area contributed by atoms with Crippen LogP contribution in [0.2, 0.25) is 5.02 Å². The van der Waals surface area contributed by atoms with E-state index >= 15 is 0 Å². The third kappa shape index (κ3) is 4.07. The molecule has 2 heterocycles. The summed E-state index contributed by atoms with van der Waals surface area (Å²) in [6, 6.07) is 6.49. The standard InChI is InChI=1S/C21H29ClN2OS/c22-17-8-7-16-5-4-6-19(20(16)13-17)21(25)24-11-12-26-15-18(24)14-23-9-2-1-3-10-23/h7-8,13,18-19H,1-6,9-12,14-15H2. The molecule has 0 aromatic heterocycles. The van der Waals surface area contributed by atoms with Crippen molar-refractivity contribution in [2.75, 3.05) is 37.7 Å². The van der Waals surface area contributed by atoms with Crippen LogP contribution < -0.4 is 0 Å². The first-order chi connectivity index (χ1) is 12.7. The van der Waals surface area contributed by atoms with Gasteiger partial charge in [0, 0.05) is 29.6 Å². The number of hydrogen-bond acceptors (Lipinski definition) is 3. The molecule has 2 saturated heterocycles. The maximum atomic E-state index is 13.5. The number of piperidine rings is 1. The molecule has 2 fully saturated rings. The van der Waals surface area contributed by atoms with Crippen molar-refractivity contribution in [2.45, 2.75) is 50.5 Å². The highest BCUT2D eigenvalue weighted by atomic mass is 35.5. The lowest BCUT2D eigenvalue weighted by atomic mass is 9.82. The highest BCUT2D eigenvalue weighted by Crippen LogP contribution is 2.36. The van der Waals surface area contributed by atoms with Crippen molar-refractivity contribution in [3.63, 3.8) is 0 Å². The average Bonchev–Trinajstić information content (AvgIpc) is 2.68. The van der Waals surface area contributed by atoms with Gasteiger partial charge < -0.3 is 9.80 Å². The van der Waals surface area contributed by atoms with Crippen molar-refractivity contribution in [3.05, 3.63) is 34.3 Å². The number of likely N-dealkylation sites (tertiary alicyclic amines) is 1. The molecule has 1 amide bonds. The Morgan fingerprint density at radius 2 is 2.00 bits per heavy atom. The topological polar surface area (TPSA) is 23.6 Å². The van der Waals surface area contributed by atoms with Crippen molar-refractivity contribution in [3.8, 4) is 0 Å². The minimum absolute atomic E-state index is 0.00408. The van der Waals surface area contributed by atoms with E-state index in [1.165, 1.54) is 43.5 Å². The Balaban J connectivity index is 1.51. The largest absolute Gasteiger partial charge is 0.336 e. The number of rotatable bonds is 3. The van der Waals surface area contributed by atoms with Gasteiger partial charge in [0.2, 0.25) is 5.91 Å². The first kappa shape index (κ1) is 18.6. The lowest BCUT2D eigenvalue weighted by Gasteiger charge is -2.41. The highest BCUT2D eigenvalue weighted by Gasteiger charge is 2.35. The zero-order valence-corrected chi connectivity index (χ0v) is 17.0. The number of benzene rings is 1. The Bertz CT molecular complexity index is 647. The van der Waals surface area contributed by atoms with Gasteiger partial charge in [-0.1, -0.05) is 24.1 Å². The molecule has 0 bridgehead atoms. The third-order valence-electron chi connectivity index (χ3n) is 6.15. The fraction of sp³-hybridized carbons (Fsp3) is 0.667. The van der Waals surface area contributed by atoms with E-state index in [1.54, 1.807) is 0 Å². The molecule has 2 atom stereocenters. The summed E-state index contributed by atoms with van der Waals surface area (Å²) in [5.74, 6) is 2.49. The summed E-state index contributed by atoms with van der Waals surface area (Å²) in [7, 11) is 0. The second-order valence-corrected chi connectivity index (χ2v) is 9.50. The fourth-order valence-corrected chi connectivity index (χ4v) is 5.99. The summed E-state index contributed by atoms with van der Waals surface area (Å²) in [6.07, 6.45) is 7.11. The van der Waals surface area contributed by atoms with Crippen molar-refractivity contribution < 1.29 is 4.79 Å². The third-order valence-corrected chi connectivity index (χ3v) is 7.48. The van der Waals surface area contributed by atoms with E-state index in [0.29, 0.717) is 11.9 Å². The minimum atomic E-state index is 0.00408. The first-order valence-corrected chi connectivity index (χ1v) is 11.6. The summed E-state index contributed by atoms with van der Waals surface area (Å²) in [5.41, 5.74) is 2.50. The predicted molar refractivity (Wildman–Crippen MR) is 110 cm³/mol. The summed E-state index contributed by atoms with van der Waals surface area (Å²) in [6.45, 7) is 4.35. The van der Waals surface area contributed by atoms with Crippen molar-refractivity contribution in [2.24, 2.45) is 0 Å². The van der Waals surface area contributed by atoms with Gasteiger partial charge in [0.1, 0.15) is 0 Å². The molecule has 4 rings (SSSR count). The van der Waals surface area contributed by atoms with E-state index in [-0.39, 0.29) is 5.92 Å². The Kier molecular flexibility index (Phi) is 6.12. The Morgan fingerprint density at radius 1 is 1.15 bits per heavy atom. The molecule has 0 radical (unpaired) electrons. The molecule has 0 N–H and O–H groups in total. The fourth-order valence-electron chi connectivity index (χ4n) is 4.76. The van der Waals surface area contributed by atoms with Crippen LogP contribution in [0.15, 0.2) is 18.2 Å². The lowest BCUT2D eigenvalue weighted by molar-refractivity contribution is -0.135. The zero-order valence-electron chi connectivity index (χ0n) is 15.5. The number of amides is 1. The molecule has 5 heteroatoms. The van der Waals surface area contributed by atoms with Crippen LogP contribution in [0.5, 0.6) is 0 Å². The average molecular weight is 393 g/mol. The number of thioether (sulfide) groups is 1. The van der Waals surface area contributed by atoms with Crippen LogP contribution in [-0.2, 0) is 11.2 Å². The molecule has 2 aliphatic heterocycles. The van der Waals surface area contributed by atoms with Crippen molar-refractivity contribution >= 4 is 29.3 Å². The molecule has 1 aromatic carbocycles. The molecule has 0 spiro atoms. The summed E-state index contributed by atoms with van der Waals surface area (Å²) in [5, 5.41) is 0.752. The van der Waals surface area contributed by atoms with Gasteiger partial charge in [-0.25, -0.2) is 0 Å². The SMILES string of the molecule is O=C(C1CCCc2ccc(Cl)cc21)N1CCSCC1CN1CCCCC1. The number of aryl methyl sites for hydroxylation is 1. The van der Waals surface area contributed by atoms with E-state index in [2.05, 4.69) is 15.9 Å². The van der Waals surface area contributed by atoms with E-state index < -0.39 is 0 Å². The molecule has 3 nitrogen and oxygen atoms in total. The zero-order chi connectivity index (χ0) is 17.9. The van der Waals surface area contributed by atoms with Crippen LogP contribution in [0.3, 0.4) is 0 Å². The minimum Gasteiger partial charge on any atom is -0.336 e. The Morgan fingerprint density at radius 3 is 2.85 bits per heavy atom. The predicted octanol–water partition coefficient (Wildman–Crippen LogP) is 4.19. The highest BCUT2D eigenvalue weighted by molar-refractivity contribution is 7.99. The normalized spacial score (nSPS) is 27.2. The molecule has 1 aromatic rings. The van der Waals surface area contributed by atoms with Crippen molar-refractivity contribution in [1.82, 2.24) is 9.80 Å². The number of halogens is 1. The number of nitrogens with zero attached hydrogens (tertiary/aromatic N) is 2. The molecule has 142 valence electrons. The molecule has 0 saturated carbocycles. The summed E-state index contributed by atoms with van der Waals surface area (Å²) < 4.78 is 0. The second kappa shape index (κ2) is 8.53. The van der Waals surface area contributed by atoms with Gasteiger partial charge in [-0.05, 0) is 68.5 Å². The van der Waals surface area contributed by atoms with E-state index in [0.717, 1.165) is 48.9 Å². The van der Waals surface area contributed by atoms with Crippen LogP contribution in [0, 0.1) is 0 Å². The van der Waals surface area contributed by atoms with Gasteiger partial charge in [-0.3, -0.25) is 4.79 Å². The van der Waals surface area contributed by atoms with Gasteiger partial charge in [0.05, 0.1) is 12.0 Å². The first-order valence-electron chi connectivity index (χ1n) is 10.1. The Hall–Kier alpha value is -0.710. The number of carbonyl (C=O) groups is 1. The summed E-state index contributed by atoms with van der Waals surface area (Å²) >= 11 is 8.26. The number of hydrogen-bond donors (Lipinski definition) is 0. The quantitative estimate of drug-likeness (QED) is 0.770. The number of fused-ring (bicyclic) bond motifs is 1. The lowest BCUT2D eigenvalue weighted by Crippen LogP contribution is -2.53. The Labute approximate surface area is 166 Å². The van der Waals surface area contributed by atoms with Crippen LogP contribution in [0.25, 0.3) is 0 Å². The van der Waals surface area contributed by atoms with Gasteiger partial charge in [-0.2, -0.15) is 11.8 Å². The maximum Gasteiger partial charge on any atom is 0.230 e. The van der Waals surface area contributed by atoms with E-state index in [4.69, 9.17) is 11.6 Å². The molecule has 3 aliphatic rings. The molecular formula is C21H29ClN2OS. The second-order valence-electron chi connectivity index (χ2n) is 7.91. The van der Waals surface area contributed by atoms with Gasteiger partial charge in [0.15, 0.2) is 0 Å². The molecule has 2 unspecified atom stereocenters. The van der Waals surface area contributed by atoms with E-state index in [9.17, 15) is 4.79 Å². The molecule has 26 heavy (non-hydrogen) atoms. The van der Waals surface area contributed by atoms with Gasteiger partial charge >= 0.3 is 0 Å².